The number of carbonyl (C=O) groups is 1. The van der Waals surface area contributed by atoms with Crippen LogP contribution in [-0.4, -0.2) is 41.5 Å². The zero-order valence-corrected chi connectivity index (χ0v) is 14.7. The molecule has 3 rings (SSSR count). The first-order chi connectivity index (χ1) is 11.6. The molecule has 4 heteroatoms. The van der Waals surface area contributed by atoms with Crippen LogP contribution in [0, 0.1) is 6.92 Å². The number of aromatic nitrogens is 1. The normalized spacial score (nSPS) is 18.7. The number of nitrogens with zero attached hydrogens (tertiary/aromatic N) is 2. The van der Waals surface area contributed by atoms with Crippen LogP contribution in [0.4, 0.5) is 0 Å². The molecule has 1 atom stereocenters. The van der Waals surface area contributed by atoms with Crippen LogP contribution < -0.4 is 5.32 Å². The summed E-state index contributed by atoms with van der Waals surface area (Å²) in [6.45, 7) is 7.23. The highest BCUT2D eigenvalue weighted by molar-refractivity contribution is 6.06. The molecule has 2 aromatic rings. The summed E-state index contributed by atoms with van der Waals surface area (Å²) < 4.78 is 0. The second-order valence-electron chi connectivity index (χ2n) is 6.82. The lowest BCUT2D eigenvalue weighted by molar-refractivity contribution is 0.0950. The zero-order chi connectivity index (χ0) is 16.9. The molecular weight excluding hydrogens is 298 g/mol. The van der Waals surface area contributed by atoms with E-state index in [2.05, 4.69) is 22.1 Å². The van der Waals surface area contributed by atoms with Crippen LogP contribution in [0.15, 0.2) is 30.3 Å². The van der Waals surface area contributed by atoms with E-state index in [1.807, 2.05) is 37.3 Å². The van der Waals surface area contributed by atoms with Crippen LogP contribution >= 0.6 is 0 Å². The fraction of sp³-hybridized carbons (Fsp3) is 0.500. The average Bonchev–Trinajstić information content (AvgIpc) is 2.59. The van der Waals surface area contributed by atoms with Crippen molar-refractivity contribution in [2.24, 2.45) is 0 Å². The SMILES string of the molecule is Cc1cc(C(=O)NCCCN2CCCCC2C)c2ccccc2n1. The maximum Gasteiger partial charge on any atom is 0.252 e. The van der Waals surface area contributed by atoms with Crippen LogP contribution in [0.1, 0.15) is 48.7 Å². The smallest absolute Gasteiger partial charge is 0.252 e. The van der Waals surface area contributed by atoms with E-state index in [9.17, 15) is 4.79 Å². The highest BCUT2D eigenvalue weighted by Gasteiger charge is 2.17. The van der Waals surface area contributed by atoms with E-state index in [1.54, 1.807) is 0 Å². The Morgan fingerprint density at radius 2 is 2.17 bits per heavy atom. The van der Waals surface area contributed by atoms with Gasteiger partial charge < -0.3 is 10.2 Å². The molecule has 1 aliphatic heterocycles. The molecule has 0 aliphatic carbocycles. The van der Waals surface area contributed by atoms with Gasteiger partial charge in [-0.3, -0.25) is 9.78 Å². The maximum atomic E-state index is 12.6. The van der Waals surface area contributed by atoms with Crippen molar-refractivity contribution in [3.63, 3.8) is 0 Å². The molecule has 1 amide bonds. The van der Waals surface area contributed by atoms with Gasteiger partial charge in [0.2, 0.25) is 0 Å². The maximum absolute atomic E-state index is 12.6. The summed E-state index contributed by atoms with van der Waals surface area (Å²) in [6, 6.07) is 10.4. The Kier molecular flexibility index (Phi) is 5.46. The summed E-state index contributed by atoms with van der Waals surface area (Å²) in [7, 11) is 0. The first kappa shape index (κ1) is 16.9. The van der Waals surface area contributed by atoms with E-state index in [-0.39, 0.29) is 5.91 Å². The minimum atomic E-state index is 0.00314. The summed E-state index contributed by atoms with van der Waals surface area (Å²) >= 11 is 0. The van der Waals surface area contributed by atoms with Gasteiger partial charge in [0.1, 0.15) is 0 Å². The number of carbonyl (C=O) groups excluding carboxylic acids is 1. The van der Waals surface area contributed by atoms with Crippen molar-refractivity contribution < 1.29 is 4.79 Å². The average molecular weight is 325 g/mol. The number of rotatable bonds is 5. The Morgan fingerprint density at radius 3 is 3.00 bits per heavy atom. The molecule has 1 N–H and O–H groups in total. The fourth-order valence-electron chi connectivity index (χ4n) is 3.56. The van der Waals surface area contributed by atoms with Gasteiger partial charge in [-0.1, -0.05) is 24.6 Å². The number of hydrogen-bond acceptors (Lipinski definition) is 3. The number of amides is 1. The van der Waals surface area contributed by atoms with Gasteiger partial charge in [-0.2, -0.15) is 0 Å². The second kappa shape index (κ2) is 7.75. The first-order valence-electron chi connectivity index (χ1n) is 9.04. The number of fused-ring (bicyclic) bond motifs is 1. The standard InChI is InChI=1S/C20H27N3O/c1-15-14-18(17-9-3-4-10-19(17)22-15)20(24)21-11-7-13-23-12-6-5-8-16(23)2/h3-4,9-10,14,16H,5-8,11-13H2,1-2H3,(H,21,24). The topological polar surface area (TPSA) is 45.2 Å². The Hall–Kier alpha value is -1.94. The number of hydrogen-bond donors (Lipinski definition) is 1. The lowest BCUT2D eigenvalue weighted by Gasteiger charge is -2.33. The van der Waals surface area contributed by atoms with Crippen molar-refractivity contribution in [3.8, 4) is 0 Å². The first-order valence-corrected chi connectivity index (χ1v) is 9.04. The minimum Gasteiger partial charge on any atom is -0.352 e. The molecule has 4 nitrogen and oxygen atoms in total. The number of pyridine rings is 1. The van der Waals surface area contributed by atoms with Gasteiger partial charge in [0.15, 0.2) is 0 Å². The van der Waals surface area contributed by atoms with E-state index >= 15 is 0 Å². The lowest BCUT2D eigenvalue weighted by atomic mass is 10.0. The number of aryl methyl sites for hydroxylation is 1. The Balaban J connectivity index is 1.57. The van der Waals surface area contributed by atoms with E-state index < -0.39 is 0 Å². The summed E-state index contributed by atoms with van der Waals surface area (Å²) in [5.41, 5.74) is 2.48. The second-order valence-corrected chi connectivity index (χ2v) is 6.82. The molecule has 2 heterocycles. The molecule has 1 unspecified atom stereocenters. The highest BCUT2D eigenvalue weighted by atomic mass is 16.1. The molecule has 128 valence electrons. The van der Waals surface area contributed by atoms with Gasteiger partial charge in [-0.05, 0) is 51.8 Å². The van der Waals surface area contributed by atoms with Crippen LogP contribution in [0.2, 0.25) is 0 Å². The van der Waals surface area contributed by atoms with Crippen molar-refractivity contribution in [1.29, 1.82) is 0 Å². The van der Waals surface area contributed by atoms with Crippen LogP contribution in [0.3, 0.4) is 0 Å². The van der Waals surface area contributed by atoms with Gasteiger partial charge in [0.25, 0.3) is 5.91 Å². The quantitative estimate of drug-likeness (QED) is 0.855. The van der Waals surface area contributed by atoms with Crippen LogP contribution in [0.25, 0.3) is 10.9 Å². The van der Waals surface area contributed by atoms with Crippen LogP contribution in [0.5, 0.6) is 0 Å². The number of para-hydroxylation sites is 1. The molecule has 1 fully saturated rings. The summed E-state index contributed by atoms with van der Waals surface area (Å²) in [6.07, 6.45) is 4.95. The van der Waals surface area contributed by atoms with Gasteiger partial charge in [-0.25, -0.2) is 0 Å². The van der Waals surface area contributed by atoms with E-state index in [4.69, 9.17) is 0 Å². The third-order valence-electron chi connectivity index (χ3n) is 4.94. The molecule has 0 spiro atoms. The lowest BCUT2D eigenvalue weighted by Crippen LogP contribution is -2.39. The molecule has 1 aliphatic rings. The number of benzene rings is 1. The number of nitrogens with one attached hydrogen (secondary N) is 1. The monoisotopic (exact) mass is 325 g/mol. The van der Waals surface area contributed by atoms with Gasteiger partial charge in [0, 0.05) is 30.2 Å². The largest absolute Gasteiger partial charge is 0.352 e. The van der Waals surface area contributed by atoms with Crippen molar-refractivity contribution in [1.82, 2.24) is 15.2 Å². The van der Waals surface area contributed by atoms with E-state index in [0.29, 0.717) is 6.04 Å². The van der Waals surface area contributed by atoms with Crippen molar-refractivity contribution in [2.45, 2.75) is 45.6 Å². The summed E-state index contributed by atoms with van der Waals surface area (Å²) in [5.74, 6) is 0.00314. The third-order valence-corrected chi connectivity index (χ3v) is 4.94. The number of likely N-dealkylation sites (tertiary alicyclic amines) is 1. The molecule has 1 aromatic heterocycles. The van der Waals surface area contributed by atoms with Crippen molar-refractivity contribution >= 4 is 16.8 Å². The molecule has 0 saturated carbocycles. The molecule has 0 bridgehead atoms. The van der Waals surface area contributed by atoms with Gasteiger partial charge in [0.05, 0.1) is 11.1 Å². The van der Waals surface area contributed by atoms with Gasteiger partial charge in [-0.15, -0.1) is 0 Å². The van der Waals surface area contributed by atoms with E-state index in [0.717, 1.165) is 41.7 Å². The summed E-state index contributed by atoms with van der Waals surface area (Å²) in [5, 5.41) is 4.00. The minimum absolute atomic E-state index is 0.00314. The third kappa shape index (κ3) is 3.93. The Morgan fingerprint density at radius 1 is 1.33 bits per heavy atom. The fourth-order valence-corrected chi connectivity index (χ4v) is 3.56. The zero-order valence-electron chi connectivity index (χ0n) is 14.7. The molecule has 1 aromatic carbocycles. The Bertz CT molecular complexity index is 713. The molecular formula is C20H27N3O. The van der Waals surface area contributed by atoms with Crippen molar-refractivity contribution in [2.75, 3.05) is 19.6 Å². The summed E-state index contributed by atoms with van der Waals surface area (Å²) in [4.78, 5) is 19.6. The molecule has 0 radical (unpaired) electrons. The van der Waals surface area contributed by atoms with Gasteiger partial charge >= 0.3 is 0 Å². The van der Waals surface area contributed by atoms with Crippen molar-refractivity contribution in [3.05, 3.63) is 41.6 Å². The predicted octanol–water partition coefficient (Wildman–Crippen LogP) is 3.54. The molecule has 1 saturated heterocycles. The van der Waals surface area contributed by atoms with Crippen LogP contribution in [-0.2, 0) is 0 Å². The predicted molar refractivity (Wildman–Crippen MR) is 98.3 cm³/mol. The number of piperidine rings is 1. The Labute approximate surface area is 144 Å². The molecule has 24 heavy (non-hydrogen) atoms. The van der Waals surface area contributed by atoms with E-state index in [1.165, 1.54) is 25.8 Å². The highest BCUT2D eigenvalue weighted by Crippen LogP contribution is 2.18.